The molecule has 0 amide bonds. The molecule has 0 aliphatic carbocycles. The molecule has 0 fully saturated rings. The van der Waals surface area contributed by atoms with Gasteiger partial charge in [-0.1, -0.05) is 0 Å². The smallest absolute Gasteiger partial charge is 0.207 e. The summed E-state index contributed by atoms with van der Waals surface area (Å²) in [5.74, 6) is 0.154. The van der Waals surface area contributed by atoms with Crippen molar-refractivity contribution in [1.29, 1.82) is 0 Å². The van der Waals surface area contributed by atoms with Crippen LogP contribution in [0.25, 0.3) is 0 Å². The molecule has 0 aromatic heterocycles. The van der Waals surface area contributed by atoms with E-state index in [1.54, 1.807) is 0 Å². The normalized spacial score (nSPS) is 20.0. The molecule has 1 aliphatic heterocycles. The third-order valence-corrected chi connectivity index (χ3v) is 1.51. The van der Waals surface area contributed by atoms with Crippen LogP contribution in [-0.4, -0.2) is 16.6 Å². The SMILES string of the molecule is O=C1CSC=C1O. The lowest BCUT2D eigenvalue weighted by Crippen LogP contribution is -1.96. The van der Waals surface area contributed by atoms with E-state index in [1.165, 1.54) is 17.2 Å². The highest BCUT2D eigenvalue weighted by Crippen LogP contribution is 2.15. The van der Waals surface area contributed by atoms with E-state index in [0.717, 1.165) is 0 Å². The summed E-state index contributed by atoms with van der Waals surface area (Å²) in [5.41, 5.74) is 0. The molecule has 1 rings (SSSR count). The van der Waals surface area contributed by atoms with Crippen LogP contribution in [0.15, 0.2) is 11.2 Å². The van der Waals surface area contributed by atoms with Crippen molar-refractivity contribution in [2.75, 3.05) is 5.75 Å². The molecule has 38 valence electrons. The number of ketones is 1. The Bertz CT molecular complexity index is 128. The standard InChI is InChI=1S/C4H4O2S/c5-3-1-7-2-4(3)6/h1,5H,2H2. The van der Waals surface area contributed by atoms with Gasteiger partial charge in [0.2, 0.25) is 5.78 Å². The first-order valence-corrected chi connectivity index (χ1v) is 2.89. The number of carbonyl (C=O) groups is 1. The molecule has 0 unspecified atom stereocenters. The van der Waals surface area contributed by atoms with E-state index >= 15 is 0 Å². The second-order valence-electron chi connectivity index (χ2n) is 1.24. The van der Waals surface area contributed by atoms with Crippen LogP contribution in [-0.2, 0) is 4.79 Å². The predicted octanol–water partition coefficient (Wildman–Crippen LogP) is 0.702. The summed E-state index contributed by atoms with van der Waals surface area (Å²) in [6, 6.07) is 0. The fourth-order valence-corrected chi connectivity index (χ4v) is 1.01. The van der Waals surface area contributed by atoms with Gasteiger partial charge in [-0.3, -0.25) is 4.79 Å². The van der Waals surface area contributed by atoms with E-state index in [-0.39, 0.29) is 11.5 Å². The molecule has 1 aliphatic rings. The first-order chi connectivity index (χ1) is 3.30. The highest BCUT2D eigenvalue weighted by atomic mass is 32.2. The van der Waals surface area contributed by atoms with Crippen molar-refractivity contribution in [3.8, 4) is 0 Å². The highest BCUT2D eigenvalue weighted by molar-refractivity contribution is 8.03. The summed E-state index contributed by atoms with van der Waals surface area (Å²) in [6.07, 6.45) is 0. The number of hydrogen-bond donors (Lipinski definition) is 1. The minimum Gasteiger partial charge on any atom is -0.504 e. The number of thioether (sulfide) groups is 1. The summed E-state index contributed by atoms with van der Waals surface area (Å²) >= 11 is 1.33. The maximum absolute atomic E-state index is 10.2. The van der Waals surface area contributed by atoms with Crippen LogP contribution >= 0.6 is 11.8 Å². The number of rotatable bonds is 0. The largest absolute Gasteiger partial charge is 0.504 e. The van der Waals surface area contributed by atoms with E-state index in [1.807, 2.05) is 0 Å². The number of aliphatic hydroxyl groups is 1. The van der Waals surface area contributed by atoms with E-state index in [0.29, 0.717) is 5.75 Å². The third-order valence-electron chi connectivity index (χ3n) is 0.695. The van der Waals surface area contributed by atoms with Gasteiger partial charge in [-0.05, 0) is 0 Å². The van der Waals surface area contributed by atoms with Crippen LogP contribution in [0.1, 0.15) is 0 Å². The lowest BCUT2D eigenvalue weighted by molar-refractivity contribution is -0.115. The van der Waals surface area contributed by atoms with Gasteiger partial charge in [0, 0.05) is 5.41 Å². The molecule has 0 spiro atoms. The molecule has 1 N–H and O–H groups in total. The lowest BCUT2D eigenvalue weighted by Gasteiger charge is -1.79. The zero-order valence-corrected chi connectivity index (χ0v) is 4.36. The Morgan fingerprint density at radius 2 is 2.57 bits per heavy atom. The zero-order chi connectivity index (χ0) is 5.28. The van der Waals surface area contributed by atoms with Crippen LogP contribution in [0.4, 0.5) is 0 Å². The molecule has 7 heavy (non-hydrogen) atoms. The second-order valence-corrected chi connectivity index (χ2v) is 2.09. The van der Waals surface area contributed by atoms with E-state index in [2.05, 4.69) is 0 Å². The molecular weight excluding hydrogens is 112 g/mol. The molecule has 3 heteroatoms. The van der Waals surface area contributed by atoms with Crippen molar-refractivity contribution >= 4 is 17.5 Å². The van der Waals surface area contributed by atoms with Crippen LogP contribution in [0.3, 0.4) is 0 Å². The zero-order valence-electron chi connectivity index (χ0n) is 3.55. The first kappa shape index (κ1) is 4.71. The van der Waals surface area contributed by atoms with Crippen molar-refractivity contribution < 1.29 is 9.90 Å². The number of allylic oxidation sites excluding steroid dienone is 1. The van der Waals surface area contributed by atoms with E-state index in [9.17, 15) is 4.79 Å². The fraction of sp³-hybridized carbons (Fsp3) is 0.250. The van der Waals surface area contributed by atoms with Gasteiger partial charge in [0.15, 0.2) is 5.76 Å². The van der Waals surface area contributed by atoms with Crippen molar-refractivity contribution in [3.05, 3.63) is 11.2 Å². The van der Waals surface area contributed by atoms with Crippen LogP contribution in [0.2, 0.25) is 0 Å². The monoisotopic (exact) mass is 116 g/mol. The molecule has 0 saturated heterocycles. The van der Waals surface area contributed by atoms with Crippen molar-refractivity contribution in [2.45, 2.75) is 0 Å². The van der Waals surface area contributed by atoms with Crippen LogP contribution < -0.4 is 0 Å². The molecule has 0 atom stereocenters. The van der Waals surface area contributed by atoms with Gasteiger partial charge in [0.1, 0.15) is 0 Å². The Labute approximate surface area is 45.2 Å². The van der Waals surface area contributed by atoms with Gasteiger partial charge in [-0.25, -0.2) is 0 Å². The summed E-state index contributed by atoms with van der Waals surface area (Å²) < 4.78 is 0. The summed E-state index contributed by atoms with van der Waals surface area (Å²) in [6.45, 7) is 0. The Morgan fingerprint density at radius 1 is 1.86 bits per heavy atom. The first-order valence-electron chi connectivity index (χ1n) is 1.84. The van der Waals surface area contributed by atoms with Crippen LogP contribution in [0, 0.1) is 0 Å². The van der Waals surface area contributed by atoms with Crippen molar-refractivity contribution in [3.63, 3.8) is 0 Å². The molecule has 0 bridgehead atoms. The maximum Gasteiger partial charge on any atom is 0.207 e. The number of Topliss-reactive ketones (excluding diaryl/α,β-unsaturated/α-hetero) is 1. The Balaban J connectivity index is 2.72. The quantitative estimate of drug-likeness (QED) is 0.506. The van der Waals surface area contributed by atoms with E-state index < -0.39 is 0 Å². The Morgan fingerprint density at radius 3 is 2.71 bits per heavy atom. The fourth-order valence-electron chi connectivity index (χ4n) is 0.336. The van der Waals surface area contributed by atoms with Crippen molar-refractivity contribution in [1.82, 2.24) is 0 Å². The molecule has 0 aromatic carbocycles. The predicted molar refractivity (Wildman–Crippen MR) is 28.2 cm³/mol. The minimum absolute atomic E-state index is 0.0926. The minimum atomic E-state index is -0.162. The van der Waals surface area contributed by atoms with Crippen LogP contribution in [0.5, 0.6) is 0 Å². The molecule has 0 aromatic rings. The van der Waals surface area contributed by atoms with Gasteiger partial charge in [0.25, 0.3) is 0 Å². The molecule has 1 heterocycles. The second kappa shape index (κ2) is 1.58. The summed E-state index contributed by atoms with van der Waals surface area (Å²) in [4.78, 5) is 10.2. The Kier molecular flexibility index (Phi) is 1.06. The number of hydrogen-bond acceptors (Lipinski definition) is 3. The van der Waals surface area contributed by atoms with Gasteiger partial charge in [0.05, 0.1) is 5.75 Å². The van der Waals surface area contributed by atoms with Gasteiger partial charge in [-0.15, -0.1) is 11.8 Å². The molecule has 2 nitrogen and oxygen atoms in total. The maximum atomic E-state index is 10.2. The number of carbonyl (C=O) groups excluding carboxylic acids is 1. The number of aliphatic hydroxyl groups excluding tert-OH is 1. The average Bonchev–Trinajstić information content (AvgIpc) is 1.91. The average molecular weight is 116 g/mol. The lowest BCUT2D eigenvalue weighted by atomic mass is 10.4. The van der Waals surface area contributed by atoms with Crippen molar-refractivity contribution in [2.24, 2.45) is 0 Å². The topological polar surface area (TPSA) is 37.3 Å². The molecule has 0 radical (unpaired) electrons. The molecular formula is C4H4O2S. The van der Waals surface area contributed by atoms with Gasteiger partial charge >= 0.3 is 0 Å². The summed E-state index contributed by atoms with van der Waals surface area (Å²) in [5, 5.41) is 9.95. The Hall–Kier alpha value is -0.440. The summed E-state index contributed by atoms with van der Waals surface area (Å²) in [7, 11) is 0. The highest BCUT2D eigenvalue weighted by Gasteiger charge is 2.12. The molecule has 0 saturated carbocycles. The van der Waals surface area contributed by atoms with Gasteiger partial charge in [-0.2, -0.15) is 0 Å². The third kappa shape index (κ3) is 0.771. The van der Waals surface area contributed by atoms with Gasteiger partial charge < -0.3 is 5.11 Å². The van der Waals surface area contributed by atoms with E-state index in [4.69, 9.17) is 5.11 Å².